The fourth-order valence-electron chi connectivity index (χ4n) is 9.17. The summed E-state index contributed by atoms with van der Waals surface area (Å²) in [5.74, 6) is 2.44. The minimum Gasteiger partial charge on any atom is -0.457 e. The molecule has 7 aromatic carbocycles. The van der Waals surface area contributed by atoms with E-state index in [1.54, 1.807) is 11.3 Å². The molecular weight excluding hydrogens is 715 g/mol. The average Bonchev–Trinajstić information content (AvgIpc) is 3.80. The van der Waals surface area contributed by atoms with Crippen molar-refractivity contribution in [2.45, 2.75) is 5.41 Å². The molecule has 0 unspecified atom stereocenters. The molecule has 2 aliphatic rings. The molecule has 0 fully saturated rings. The Bertz CT molecular complexity index is 3120. The number of nitrogens with zero attached hydrogens (tertiary/aromatic N) is 3. The summed E-state index contributed by atoms with van der Waals surface area (Å²) >= 11 is 1.76. The minimum absolute atomic E-state index is 0.578. The summed E-state index contributed by atoms with van der Waals surface area (Å²) in [6, 6.07) is 62.7. The van der Waals surface area contributed by atoms with E-state index in [2.05, 4.69) is 175 Å². The number of rotatable bonds is 4. The second-order valence-electron chi connectivity index (χ2n) is 14.7. The highest BCUT2D eigenvalue weighted by atomic mass is 32.1. The molecule has 1 aliphatic carbocycles. The number of pyridine rings is 1. The second kappa shape index (κ2) is 12.4. The van der Waals surface area contributed by atoms with E-state index in [0.29, 0.717) is 5.82 Å². The van der Waals surface area contributed by atoms with Gasteiger partial charge < -0.3 is 4.74 Å². The smallest absolute Gasteiger partial charge is 0.160 e. The molecule has 12 rings (SSSR count). The molecule has 0 saturated carbocycles. The zero-order chi connectivity index (χ0) is 37.5. The molecular formula is C52H31N3OS. The van der Waals surface area contributed by atoms with E-state index in [9.17, 15) is 0 Å². The topological polar surface area (TPSA) is 47.9 Å². The van der Waals surface area contributed by atoms with Crippen LogP contribution in [-0.4, -0.2) is 15.0 Å². The third-order valence-corrected chi connectivity index (χ3v) is 12.8. The molecule has 57 heavy (non-hydrogen) atoms. The molecule has 0 amide bonds. The van der Waals surface area contributed by atoms with Gasteiger partial charge in [0, 0.05) is 50.3 Å². The van der Waals surface area contributed by atoms with Gasteiger partial charge in [-0.2, -0.15) is 0 Å². The first-order valence-corrected chi connectivity index (χ1v) is 20.0. The zero-order valence-electron chi connectivity index (χ0n) is 30.6. The van der Waals surface area contributed by atoms with Crippen molar-refractivity contribution in [1.82, 2.24) is 15.0 Å². The Hall–Kier alpha value is -7.21. The molecule has 0 atom stereocenters. The Morgan fingerprint density at radius 1 is 0.456 bits per heavy atom. The van der Waals surface area contributed by atoms with Crippen molar-refractivity contribution in [3.05, 3.63) is 211 Å². The number of aromatic nitrogens is 3. The number of benzene rings is 7. The Balaban J connectivity index is 1.14. The van der Waals surface area contributed by atoms with Crippen molar-refractivity contribution in [3.63, 3.8) is 0 Å². The van der Waals surface area contributed by atoms with Crippen molar-refractivity contribution in [1.29, 1.82) is 0 Å². The Morgan fingerprint density at radius 3 is 1.89 bits per heavy atom. The quantitative estimate of drug-likeness (QED) is 0.180. The van der Waals surface area contributed by atoms with E-state index in [4.69, 9.17) is 14.7 Å². The van der Waals surface area contributed by atoms with Gasteiger partial charge >= 0.3 is 0 Å². The van der Waals surface area contributed by atoms with E-state index in [1.807, 2.05) is 18.5 Å². The lowest BCUT2D eigenvalue weighted by Crippen LogP contribution is -2.32. The number of ether oxygens (including phenoxy) is 1. The number of hydrogen-bond donors (Lipinski definition) is 0. The molecule has 266 valence electrons. The summed E-state index contributed by atoms with van der Waals surface area (Å²) in [5.41, 5.74) is 14.9. The number of hydrogen-bond acceptors (Lipinski definition) is 5. The summed E-state index contributed by atoms with van der Waals surface area (Å²) in [6.45, 7) is 0. The van der Waals surface area contributed by atoms with E-state index in [-0.39, 0.29) is 0 Å². The summed E-state index contributed by atoms with van der Waals surface area (Å²) < 4.78 is 8.89. The predicted molar refractivity (Wildman–Crippen MR) is 232 cm³/mol. The van der Waals surface area contributed by atoms with Gasteiger partial charge in [0.15, 0.2) is 5.82 Å². The van der Waals surface area contributed by atoms with Crippen molar-refractivity contribution >= 4 is 31.6 Å². The molecule has 5 heteroatoms. The van der Waals surface area contributed by atoms with Gasteiger partial charge in [0.1, 0.15) is 11.5 Å². The third-order valence-electron chi connectivity index (χ3n) is 11.6. The summed E-state index contributed by atoms with van der Waals surface area (Å²) in [6.07, 6.45) is 3.73. The van der Waals surface area contributed by atoms with Gasteiger partial charge in [-0.15, -0.1) is 11.3 Å². The molecule has 1 spiro atoms. The summed E-state index contributed by atoms with van der Waals surface area (Å²) in [7, 11) is 0. The Labute approximate surface area is 333 Å². The van der Waals surface area contributed by atoms with Crippen LogP contribution in [0.5, 0.6) is 11.5 Å². The van der Waals surface area contributed by atoms with E-state index >= 15 is 0 Å². The lowest BCUT2D eigenvalue weighted by Gasteiger charge is -2.39. The van der Waals surface area contributed by atoms with Crippen LogP contribution in [0.2, 0.25) is 0 Å². The largest absolute Gasteiger partial charge is 0.457 e. The maximum absolute atomic E-state index is 6.63. The first-order chi connectivity index (χ1) is 28.2. The van der Waals surface area contributed by atoms with Crippen molar-refractivity contribution < 1.29 is 4.74 Å². The second-order valence-corrected chi connectivity index (χ2v) is 15.8. The zero-order valence-corrected chi connectivity index (χ0v) is 31.4. The van der Waals surface area contributed by atoms with Crippen LogP contribution >= 0.6 is 11.3 Å². The summed E-state index contributed by atoms with van der Waals surface area (Å²) in [5, 5.41) is 1.13. The van der Waals surface area contributed by atoms with Crippen LogP contribution in [-0.2, 0) is 5.41 Å². The average molecular weight is 746 g/mol. The van der Waals surface area contributed by atoms with Gasteiger partial charge in [0.25, 0.3) is 0 Å². The lowest BCUT2D eigenvalue weighted by molar-refractivity contribution is 0.436. The lowest BCUT2D eigenvalue weighted by atomic mass is 9.66. The molecule has 0 radical (unpaired) electrons. The Morgan fingerprint density at radius 2 is 1.11 bits per heavy atom. The van der Waals surface area contributed by atoms with Crippen LogP contribution in [0.4, 0.5) is 0 Å². The molecule has 10 aromatic rings. The first-order valence-electron chi connectivity index (χ1n) is 19.2. The fourth-order valence-corrected chi connectivity index (χ4v) is 10.3. The van der Waals surface area contributed by atoms with Gasteiger partial charge in [-0.3, -0.25) is 4.98 Å². The van der Waals surface area contributed by atoms with Gasteiger partial charge in [0.05, 0.1) is 21.3 Å². The molecule has 4 nitrogen and oxygen atoms in total. The molecule has 4 heterocycles. The predicted octanol–water partition coefficient (Wildman–Crippen LogP) is 13.4. The first kappa shape index (κ1) is 32.1. The van der Waals surface area contributed by atoms with E-state index in [0.717, 1.165) is 77.3 Å². The number of para-hydroxylation sites is 2. The molecule has 0 saturated heterocycles. The highest BCUT2D eigenvalue weighted by molar-refractivity contribution is 7.26. The minimum atomic E-state index is -0.578. The molecule has 0 bridgehead atoms. The maximum Gasteiger partial charge on any atom is 0.160 e. The number of thiophene rings is 1. The van der Waals surface area contributed by atoms with Crippen LogP contribution in [0.15, 0.2) is 188 Å². The monoisotopic (exact) mass is 745 g/mol. The van der Waals surface area contributed by atoms with Crippen LogP contribution < -0.4 is 4.74 Å². The third kappa shape index (κ3) is 4.76. The van der Waals surface area contributed by atoms with Gasteiger partial charge in [0.2, 0.25) is 0 Å². The van der Waals surface area contributed by atoms with Gasteiger partial charge in [-0.1, -0.05) is 127 Å². The molecule has 0 N–H and O–H groups in total. The SMILES string of the molecule is c1ccc(-c2cc(-c3cccnc3)cc(-c3nc(-c4ccc5c(c4)C4(c6ccccc6Oc6ccccc64)c4ccccc4-5)c4sc5ccccc5c4n3)c2)cc1. The van der Waals surface area contributed by atoms with E-state index in [1.165, 1.54) is 27.0 Å². The van der Waals surface area contributed by atoms with Crippen LogP contribution in [0.25, 0.3) is 76.3 Å². The van der Waals surface area contributed by atoms with Crippen LogP contribution in [0, 0.1) is 0 Å². The molecule has 3 aromatic heterocycles. The van der Waals surface area contributed by atoms with E-state index < -0.39 is 5.41 Å². The maximum atomic E-state index is 6.63. The highest BCUT2D eigenvalue weighted by Crippen LogP contribution is 2.62. The summed E-state index contributed by atoms with van der Waals surface area (Å²) in [4.78, 5) is 15.4. The standard InChI is InChI=1S/C52H31N3OS/c1-2-13-32(14-3-1)35-27-36(34-15-12-26-53-31-34)29-37(28-35)51-54-48(50-49(55-51)40-17-5-11-23-47(40)57-50)33-24-25-39-38-16-4-6-18-41(38)52(44(39)30-33)42-19-7-9-21-45(42)56-46-22-10-8-20-43(46)52/h1-31H. The van der Waals surface area contributed by atoms with Crippen molar-refractivity contribution in [2.75, 3.05) is 0 Å². The van der Waals surface area contributed by atoms with Crippen LogP contribution in [0.3, 0.4) is 0 Å². The number of fused-ring (bicyclic) bond motifs is 12. The Kier molecular flexibility index (Phi) is 6.98. The normalized spacial score (nSPS) is 13.2. The fraction of sp³-hybridized carbons (Fsp3) is 0.0192. The highest BCUT2D eigenvalue weighted by Gasteiger charge is 2.51. The van der Waals surface area contributed by atoms with Gasteiger partial charge in [-0.05, 0) is 87.5 Å². The molecule has 1 aliphatic heterocycles. The van der Waals surface area contributed by atoms with Gasteiger partial charge in [-0.25, -0.2) is 9.97 Å². The van der Waals surface area contributed by atoms with Crippen molar-refractivity contribution in [3.8, 4) is 67.5 Å². The van der Waals surface area contributed by atoms with Crippen molar-refractivity contribution in [2.24, 2.45) is 0 Å². The van der Waals surface area contributed by atoms with Crippen LogP contribution in [0.1, 0.15) is 22.3 Å².